The summed E-state index contributed by atoms with van der Waals surface area (Å²) in [5, 5.41) is 0. The molecule has 0 aliphatic rings. The fourth-order valence-corrected chi connectivity index (χ4v) is 5.53. The highest BCUT2D eigenvalue weighted by Gasteiger charge is 2.33. The number of hydrogen-bond donors (Lipinski definition) is 2. The van der Waals surface area contributed by atoms with Crippen LogP contribution in [-0.2, 0) is 10.9 Å². The van der Waals surface area contributed by atoms with Crippen LogP contribution in [0.5, 0.6) is 0 Å². The van der Waals surface area contributed by atoms with Crippen molar-refractivity contribution in [2.45, 2.75) is 49.2 Å². The van der Waals surface area contributed by atoms with Gasteiger partial charge in [-0.25, -0.2) is 0 Å². The van der Waals surface area contributed by atoms with Gasteiger partial charge < -0.3 is 11.5 Å². The zero-order chi connectivity index (χ0) is 25.3. The first kappa shape index (κ1) is 26.0. The Labute approximate surface area is 218 Å². The Morgan fingerprint density at radius 1 is 0.556 bits per heavy atom. The van der Waals surface area contributed by atoms with Gasteiger partial charge in [-0.1, -0.05) is 160 Å². The van der Waals surface area contributed by atoms with Crippen molar-refractivity contribution in [2.75, 3.05) is 0 Å². The first-order valence-corrected chi connectivity index (χ1v) is 13.3. The van der Waals surface area contributed by atoms with Gasteiger partial charge in [0.1, 0.15) is 0 Å². The number of rotatable bonds is 12. The molecule has 4 aromatic rings. The first-order valence-electron chi connectivity index (χ1n) is 13.3. The predicted octanol–water partition coefficient (Wildman–Crippen LogP) is 5.98. The lowest BCUT2D eigenvalue weighted by Gasteiger charge is -2.33. The Hall–Kier alpha value is -3.07. The molecule has 0 aliphatic heterocycles. The summed E-state index contributed by atoms with van der Waals surface area (Å²) in [6, 6.07) is 42.2. The van der Waals surface area contributed by atoms with Gasteiger partial charge in [0.15, 0.2) is 14.6 Å². The minimum atomic E-state index is -0.477. The monoisotopic (exact) mass is 472 g/mol. The quantitative estimate of drug-likeness (QED) is 0.197. The van der Waals surface area contributed by atoms with Gasteiger partial charge in [0.2, 0.25) is 0 Å². The third kappa shape index (κ3) is 6.19. The normalized spacial score (nSPS) is 12.6. The van der Waals surface area contributed by atoms with Crippen LogP contribution in [0.1, 0.15) is 48.4 Å². The Morgan fingerprint density at radius 2 is 0.917 bits per heavy atom. The van der Waals surface area contributed by atoms with Gasteiger partial charge in [0.05, 0.1) is 0 Å². The average Bonchev–Trinajstić information content (AvgIpc) is 2.94. The van der Waals surface area contributed by atoms with Gasteiger partial charge in [-0.05, 0) is 22.3 Å². The molecule has 2 nitrogen and oxygen atoms in total. The molecule has 0 heterocycles. The van der Waals surface area contributed by atoms with Crippen molar-refractivity contribution in [3.8, 4) is 0 Å². The van der Waals surface area contributed by atoms with E-state index in [1.807, 2.05) is 0 Å². The first-order chi connectivity index (χ1) is 17.5. The highest BCUT2D eigenvalue weighted by atomic mass is 14.7. The molecule has 0 amide bonds. The van der Waals surface area contributed by atoms with Crippen molar-refractivity contribution in [3.05, 3.63) is 144 Å². The zero-order valence-electron chi connectivity index (χ0n) is 21.5. The predicted molar refractivity (Wildman–Crippen MR) is 158 cm³/mol. The summed E-state index contributed by atoms with van der Waals surface area (Å²) in [7, 11) is 1.86. The lowest BCUT2D eigenvalue weighted by Crippen LogP contribution is -2.45. The standard InChI is InChI=1S/C32H38B2N2/c1-26(34-32(36,29-21-10-4-11-22-29)30-23-12-5-13-24-30)16-14-15-25-33-31(35,27-17-6-2-7-18-27)28-19-8-3-9-20-28/h2-13,17-24,26,33-34H,14-16,25,35-36H2,1H3. The maximum atomic E-state index is 7.14. The summed E-state index contributed by atoms with van der Waals surface area (Å²) in [6.07, 6.45) is 4.60. The molecule has 4 aromatic carbocycles. The van der Waals surface area contributed by atoms with Crippen LogP contribution >= 0.6 is 0 Å². The SMILES string of the molecule is CC(BC(N)(c1ccccc1)c1ccccc1)CCCCBC(N)(c1ccccc1)c1ccccc1. The maximum Gasteiger partial charge on any atom is 0.160 e. The number of benzene rings is 4. The highest BCUT2D eigenvalue weighted by molar-refractivity contribution is 6.43. The molecule has 0 saturated heterocycles. The molecule has 0 fully saturated rings. The van der Waals surface area contributed by atoms with E-state index in [-0.39, 0.29) is 0 Å². The fourth-order valence-electron chi connectivity index (χ4n) is 5.53. The Morgan fingerprint density at radius 3 is 1.31 bits per heavy atom. The maximum absolute atomic E-state index is 7.14. The number of unbranched alkanes of at least 4 members (excludes halogenated alkanes) is 1. The van der Waals surface area contributed by atoms with Crippen molar-refractivity contribution in [2.24, 2.45) is 11.5 Å². The molecule has 4 rings (SSSR count). The van der Waals surface area contributed by atoms with Crippen LogP contribution in [0.2, 0.25) is 12.1 Å². The van der Waals surface area contributed by atoms with Crippen molar-refractivity contribution >= 4 is 14.6 Å². The van der Waals surface area contributed by atoms with Gasteiger partial charge >= 0.3 is 0 Å². The molecular formula is C32H38B2N2. The lowest BCUT2D eigenvalue weighted by atomic mass is 9.46. The van der Waals surface area contributed by atoms with Crippen LogP contribution in [0, 0.1) is 0 Å². The van der Waals surface area contributed by atoms with Crippen LogP contribution in [0.15, 0.2) is 121 Å². The molecule has 0 aromatic heterocycles. The van der Waals surface area contributed by atoms with Gasteiger partial charge in [-0.15, -0.1) is 0 Å². The van der Waals surface area contributed by atoms with Gasteiger partial charge in [-0.2, -0.15) is 0 Å². The number of nitrogens with two attached hydrogens (primary N) is 2. The van der Waals surface area contributed by atoms with E-state index in [1.165, 1.54) is 28.7 Å². The molecule has 0 spiro atoms. The minimum Gasteiger partial charge on any atom is -0.325 e. The van der Waals surface area contributed by atoms with E-state index in [0.29, 0.717) is 5.82 Å². The van der Waals surface area contributed by atoms with Crippen molar-refractivity contribution in [3.63, 3.8) is 0 Å². The molecule has 182 valence electrons. The zero-order valence-corrected chi connectivity index (χ0v) is 21.5. The molecule has 0 saturated carbocycles. The molecular weight excluding hydrogens is 434 g/mol. The van der Waals surface area contributed by atoms with Crippen molar-refractivity contribution in [1.82, 2.24) is 0 Å². The third-order valence-corrected chi connectivity index (χ3v) is 7.59. The Bertz CT molecular complexity index is 1090. The van der Waals surface area contributed by atoms with Crippen LogP contribution in [0.4, 0.5) is 0 Å². The fraction of sp³-hybridized carbons (Fsp3) is 0.250. The van der Waals surface area contributed by atoms with E-state index >= 15 is 0 Å². The van der Waals surface area contributed by atoms with Crippen LogP contribution < -0.4 is 11.5 Å². The molecule has 0 bridgehead atoms. The molecule has 4 heteroatoms. The minimum absolute atomic E-state index is 0.457. The lowest BCUT2D eigenvalue weighted by molar-refractivity contribution is 0.659. The summed E-state index contributed by atoms with van der Waals surface area (Å²) in [5.41, 5.74) is 18.0. The van der Waals surface area contributed by atoms with Gasteiger partial charge in [0, 0.05) is 10.9 Å². The van der Waals surface area contributed by atoms with E-state index in [9.17, 15) is 0 Å². The average molecular weight is 472 g/mol. The van der Waals surface area contributed by atoms with Crippen molar-refractivity contribution in [1.29, 1.82) is 0 Å². The van der Waals surface area contributed by atoms with E-state index in [1.54, 1.807) is 0 Å². The second-order valence-electron chi connectivity index (χ2n) is 10.3. The highest BCUT2D eigenvalue weighted by Crippen LogP contribution is 2.32. The van der Waals surface area contributed by atoms with Gasteiger partial charge in [-0.3, -0.25) is 0 Å². The topological polar surface area (TPSA) is 52.0 Å². The second kappa shape index (κ2) is 12.3. The molecule has 1 unspecified atom stereocenters. The molecule has 4 N–H and O–H groups in total. The Balaban J connectivity index is 1.36. The Kier molecular flexibility index (Phi) is 8.85. The molecule has 0 aliphatic carbocycles. The summed E-state index contributed by atoms with van der Waals surface area (Å²) < 4.78 is 0. The molecule has 36 heavy (non-hydrogen) atoms. The molecule has 1 atom stereocenters. The largest absolute Gasteiger partial charge is 0.325 e. The second-order valence-corrected chi connectivity index (χ2v) is 10.3. The van der Waals surface area contributed by atoms with E-state index in [2.05, 4.69) is 128 Å². The summed E-state index contributed by atoms with van der Waals surface area (Å²) in [6.45, 7) is 2.34. The van der Waals surface area contributed by atoms with Gasteiger partial charge in [0.25, 0.3) is 0 Å². The summed E-state index contributed by atoms with van der Waals surface area (Å²) in [4.78, 5) is 0. The van der Waals surface area contributed by atoms with E-state index in [0.717, 1.165) is 33.7 Å². The van der Waals surface area contributed by atoms with Crippen LogP contribution in [-0.4, -0.2) is 14.6 Å². The summed E-state index contributed by atoms with van der Waals surface area (Å²) >= 11 is 0. The molecule has 0 radical (unpaired) electrons. The third-order valence-electron chi connectivity index (χ3n) is 7.59. The van der Waals surface area contributed by atoms with E-state index < -0.39 is 10.9 Å². The van der Waals surface area contributed by atoms with Crippen LogP contribution in [0.3, 0.4) is 0 Å². The van der Waals surface area contributed by atoms with Crippen molar-refractivity contribution < 1.29 is 0 Å². The summed E-state index contributed by atoms with van der Waals surface area (Å²) in [5.74, 6) is 0.515. The van der Waals surface area contributed by atoms with Crippen LogP contribution in [0.25, 0.3) is 0 Å². The number of hydrogen-bond acceptors (Lipinski definition) is 2. The smallest absolute Gasteiger partial charge is 0.160 e. The van der Waals surface area contributed by atoms with E-state index in [4.69, 9.17) is 11.5 Å².